The Balaban J connectivity index is 2.76. The minimum absolute atomic E-state index is 0.0341. The summed E-state index contributed by atoms with van der Waals surface area (Å²) >= 11 is 3.39. The van der Waals surface area contributed by atoms with Crippen molar-refractivity contribution in [2.45, 2.75) is 6.54 Å². The highest BCUT2D eigenvalue weighted by Gasteiger charge is 2.15. The van der Waals surface area contributed by atoms with Crippen molar-refractivity contribution < 1.29 is 9.90 Å². The van der Waals surface area contributed by atoms with Gasteiger partial charge >= 0.3 is 6.03 Å². The number of halogens is 1. The van der Waals surface area contributed by atoms with Crippen molar-refractivity contribution in [2.75, 3.05) is 27.2 Å². The number of nitrogens with zero attached hydrogens (tertiary/aromatic N) is 2. The average molecular weight is 301 g/mol. The quantitative estimate of drug-likeness (QED) is 0.923. The lowest BCUT2D eigenvalue weighted by atomic mass is 10.2. The number of hydrogen-bond acceptors (Lipinski definition) is 2. The molecular weight excluding hydrogens is 284 g/mol. The van der Waals surface area contributed by atoms with E-state index in [0.717, 1.165) is 10.0 Å². The lowest BCUT2D eigenvalue weighted by molar-refractivity contribution is 0.152. The Morgan fingerprint density at radius 2 is 2.12 bits per heavy atom. The van der Waals surface area contributed by atoms with Crippen LogP contribution in [-0.4, -0.2) is 48.2 Å². The minimum atomic E-state index is -0.0981. The van der Waals surface area contributed by atoms with E-state index in [2.05, 4.69) is 15.9 Å². The molecule has 0 heterocycles. The first-order chi connectivity index (χ1) is 8.04. The van der Waals surface area contributed by atoms with Gasteiger partial charge in [-0.15, -0.1) is 0 Å². The Bertz CT molecular complexity index is 383. The standard InChI is InChI=1S/C12H17BrN2O2/c1-14(2)12(17)15(6-7-16)9-10-4-3-5-11(13)8-10/h3-5,8,16H,6-7,9H2,1-2H3. The summed E-state index contributed by atoms with van der Waals surface area (Å²) < 4.78 is 0.983. The van der Waals surface area contributed by atoms with E-state index in [1.807, 2.05) is 24.3 Å². The predicted molar refractivity (Wildman–Crippen MR) is 70.7 cm³/mol. The maximum absolute atomic E-state index is 11.9. The Labute approximate surface area is 110 Å². The molecule has 0 unspecified atom stereocenters. The molecule has 4 nitrogen and oxygen atoms in total. The molecule has 0 spiro atoms. The number of carbonyl (C=O) groups is 1. The van der Waals surface area contributed by atoms with E-state index in [9.17, 15) is 4.79 Å². The van der Waals surface area contributed by atoms with E-state index in [4.69, 9.17) is 5.11 Å². The molecule has 1 N–H and O–H groups in total. The second kappa shape index (κ2) is 6.61. The molecule has 1 aromatic rings. The van der Waals surface area contributed by atoms with Crippen LogP contribution in [0.15, 0.2) is 28.7 Å². The van der Waals surface area contributed by atoms with E-state index in [-0.39, 0.29) is 12.6 Å². The van der Waals surface area contributed by atoms with Gasteiger partial charge in [-0.1, -0.05) is 28.1 Å². The lowest BCUT2D eigenvalue weighted by Gasteiger charge is -2.25. The molecule has 1 aromatic carbocycles. The van der Waals surface area contributed by atoms with Gasteiger partial charge in [0.05, 0.1) is 6.61 Å². The van der Waals surface area contributed by atoms with Crippen LogP contribution in [0.3, 0.4) is 0 Å². The Morgan fingerprint density at radius 1 is 1.41 bits per heavy atom. The monoisotopic (exact) mass is 300 g/mol. The second-order valence-electron chi connectivity index (χ2n) is 3.95. The molecule has 0 bridgehead atoms. The van der Waals surface area contributed by atoms with Crippen LogP contribution in [0.25, 0.3) is 0 Å². The number of aliphatic hydroxyl groups is 1. The highest BCUT2D eigenvalue weighted by molar-refractivity contribution is 9.10. The summed E-state index contributed by atoms with van der Waals surface area (Å²) in [4.78, 5) is 15.0. The molecule has 0 aromatic heterocycles. The number of urea groups is 1. The molecule has 5 heteroatoms. The van der Waals surface area contributed by atoms with Crippen LogP contribution in [-0.2, 0) is 6.54 Å². The highest BCUT2D eigenvalue weighted by atomic mass is 79.9. The summed E-state index contributed by atoms with van der Waals surface area (Å²) in [5.41, 5.74) is 1.03. The van der Waals surface area contributed by atoms with E-state index in [0.29, 0.717) is 13.1 Å². The average Bonchev–Trinajstić information content (AvgIpc) is 2.27. The zero-order chi connectivity index (χ0) is 12.8. The maximum atomic E-state index is 11.9. The number of amides is 2. The van der Waals surface area contributed by atoms with Crippen molar-refractivity contribution in [3.05, 3.63) is 34.3 Å². The van der Waals surface area contributed by atoms with Crippen LogP contribution in [0.1, 0.15) is 5.56 Å². The van der Waals surface area contributed by atoms with Crippen molar-refractivity contribution in [1.82, 2.24) is 9.80 Å². The third kappa shape index (κ3) is 4.36. The summed E-state index contributed by atoms with van der Waals surface area (Å²) in [6.45, 7) is 0.800. The fourth-order valence-corrected chi connectivity index (χ4v) is 1.95. The van der Waals surface area contributed by atoms with Crippen molar-refractivity contribution in [3.8, 4) is 0 Å². The van der Waals surface area contributed by atoms with E-state index in [1.165, 1.54) is 4.90 Å². The lowest BCUT2D eigenvalue weighted by Crippen LogP contribution is -2.40. The molecule has 1 rings (SSSR count). The SMILES string of the molecule is CN(C)C(=O)N(CCO)Cc1cccc(Br)c1. The smallest absolute Gasteiger partial charge is 0.319 e. The number of aliphatic hydroxyl groups excluding tert-OH is 1. The summed E-state index contributed by atoms with van der Waals surface area (Å²) in [5.74, 6) is 0. The summed E-state index contributed by atoms with van der Waals surface area (Å²) in [5, 5.41) is 8.98. The third-order valence-corrected chi connectivity index (χ3v) is 2.78. The number of benzene rings is 1. The predicted octanol–water partition coefficient (Wildman–Crippen LogP) is 1.93. The van der Waals surface area contributed by atoms with Gasteiger partial charge in [-0.3, -0.25) is 0 Å². The largest absolute Gasteiger partial charge is 0.395 e. The van der Waals surface area contributed by atoms with Gasteiger partial charge in [-0.05, 0) is 17.7 Å². The topological polar surface area (TPSA) is 43.8 Å². The van der Waals surface area contributed by atoms with Crippen LogP contribution in [0.4, 0.5) is 4.79 Å². The van der Waals surface area contributed by atoms with Crippen LogP contribution in [0, 0.1) is 0 Å². The van der Waals surface area contributed by atoms with E-state index >= 15 is 0 Å². The van der Waals surface area contributed by atoms with Gasteiger partial charge in [-0.25, -0.2) is 4.79 Å². The zero-order valence-corrected chi connectivity index (χ0v) is 11.6. The van der Waals surface area contributed by atoms with Crippen molar-refractivity contribution in [1.29, 1.82) is 0 Å². The summed E-state index contributed by atoms with van der Waals surface area (Å²) in [7, 11) is 3.40. The first kappa shape index (κ1) is 14.0. The maximum Gasteiger partial charge on any atom is 0.319 e. The molecule has 0 atom stereocenters. The third-order valence-electron chi connectivity index (χ3n) is 2.29. The van der Waals surface area contributed by atoms with Crippen LogP contribution >= 0.6 is 15.9 Å². The fraction of sp³-hybridized carbons (Fsp3) is 0.417. The van der Waals surface area contributed by atoms with E-state index < -0.39 is 0 Å². The van der Waals surface area contributed by atoms with Gasteiger partial charge in [0.25, 0.3) is 0 Å². The van der Waals surface area contributed by atoms with Gasteiger partial charge in [0, 0.05) is 31.7 Å². The minimum Gasteiger partial charge on any atom is -0.395 e. The highest BCUT2D eigenvalue weighted by Crippen LogP contribution is 2.13. The molecule has 2 amide bonds. The number of rotatable bonds is 4. The van der Waals surface area contributed by atoms with Crippen molar-refractivity contribution >= 4 is 22.0 Å². The molecule has 94 valence electrons. The second-order valence-corrected chi connectivity index (χ2v) is 4.87. The van der Waals surface area contributed by atoms with Gasteiger partial charge < -0.3 is 14.9 Å². The summed E-state index contributed by atoms with van der Waals surface area (Å²) in [6, 6.07) is 7.69. The Hall–Kier alpha value is -1.07. The number of carbonyl (C=O) groups excluding carboxylic acids is 1. The molecule has 0 aliphatic heterocycles. The van der Waals surface area contributed by atoms with Gasteiger partial charge in [0.2, 0.25) is 0 Å². The fourth-order valence-electron chi connectivity index (χ4n) is 1.50. The molecule has 0 radical (unpaired) electrons. The zero-order valence-electron chi connectivity index (χ0n) is 10.1. The van der Waals surface area contributed by atoms with E-state index in [1.54, 1.807) is 19.0 Å². The van der Waals surface area contributed by atoms with Gasteiger partial charge in [0.15, 0.2) is 0 Å². The molecular formula is C12H17BrN2O2. The Morgan fingerprint density at radius 3 is 2.65 bits per heavy atom. The normalized spacial score (nSPS) is 10.1. The van der Waals surface area contributed by atoms with Crippen molar-refractivity contribution in [3.63, 3.8) is 0 Å². The van der Waals surface area contributed by atoms with Gasteiger partial charge in [0.1, 0.15) is 0 Å². The first-order valence-corrected chi connectivity index (χ1v) is 6.15. The molecule has 0 fully saturated rings. The van der Waals surface area contributed by atoms with Crippen LogP contribution in [0.2, 0.25) is 0 Å². The molecule has 0 saturated carbocycles. The van der Waals surface area contributed by atoms with Crippen LogP contribution in [0.5, 0.6) is 0 Å². The first-order valence-electron chi connectivity index (χ1n) is 5.36. The number of hydrogen-bond donors (Lipinski definition) is 1. The molecule has 0 saturated heterocycles. The van der Waals surface area contributed by atoms with Crippen molar-refractivity contribution in [2.24, 2.45) is 0 Å². The molecule has 0 aliphatic carbocycles. The molecule has 17 heavy (non-hydrogen) atoms. The van der Waals surface area contributed by atoms with Gasteiger partial charge in [-0.2, -0.15) is 0 Å². The van der Waals surface area contributed by atoms with Crippen LogP contribution < -0.4 is 0 Å². The summed E-state index contributed by atoms with van der Waals surface area (Å²) in [6.07, 6.45) is 0. The molecule has 0 aliphatic rings. The Kier molecular flexibility index (Phi) is 5.44.